The van der Waals surface area contributed by atoms with Crippen molar-refractivity contribution < 1.29 is 29.0 Å². The molecule has 0 radical (unpaired) electrons. The predicted octanol–water partition coefficient (Wildman–Crippen LogP) is 5.30. The number of carboxylic acid groups (broad SMARTS) is 1. The number of aliphatic carboxylic acids is 1. The number of benzene rings is 1. The summed E-state index contributed by atoms with van der Waals surface area (Å²) in [4.78, 5) is 41.0. The van der Waals surface area contributed by atoms with Crippen LogP contribution in [0.15, 0.2) is 30.5 Å². The largest absolute Gasteiger partial charge is 0.480 e. The first-order valence-electron chi connectivity index (χ1n) is 13.7. The van der Waals surface area contributed by atoms with Crippen molar-refractivity contribution in [1.29, 1.82) is 0 Å². The molecule has 0 saturated carbocycles. The zero-order valence-corrected chi connectivity index (χ0v) is 24.9. The highest BCUT2D eigenvalue weighted by molar-refractivity contribution is 5.84. The maximum atomic E-state index is 12.8. The SMILES string of the molecule is CC(C)C[C@H](Nc1nn(C(=O)OC(C)(C)C)cc1-c1ccc(N2CCN(C(=O)OC(C)(C)C)CC2)cc1)C(=O)O. The van der Waals surface area contributed by atoms with Crippen LogP contribution in [0.4, 0.5) is 21.1 Å². The molecule has 11 heteroatoms. The summed E-state index contributed by atoms with van der Waals surface area (Å²) in [6.45, 7) is 17.2. The third-order valence-corrected chi connectivity index (χ3v) is 6.09. The number of amides is 1. The maximum Gasteiger partial charge on any atom is 0.435 e. The molecule has 1 amide bonds. The molecule has 1 aliphatic heterocycles. The molecule has 11 nitrogen and oxygen atoms in total. The van der Waals surface area contributed by atoms with Crippen LogP contribution in [0.3, 0.4) is 0 Å². The van der Waals surface area contributed by atoms with Gasteiger partial charge in [0, 0.05) is 43.6 Å². The van der Waals surface area contributed by atoms with Crippen LogP contribution in [0, 0.1) is 5.92 Å². The third-order valence-electron chi connectivity index (χ3n) is 6.09. The smallest absolute Gasteiger partial charge is 0.435 e. The number of aromatic nitrogens is 2. The van der Waals surface area contributed by atoms with Crippen molar-refractivity contribution >= 4 is 29.7 Å². The molecule has 1 atom stereocenters. The second kappa shape index (κ2) is 12.2. The van der Waals surface area contributed by atoms with E-state index in [1.54, 1.807) is 31.9 Å². The van der Waals surface area contributed by atoms with E-state index < -0.39 is 29.3 Å². The highest BCUT2D eigenvalue weighted by atomic mass is 16.6. The Bertz CT molecular complexity index is 1180. The molecule has 0 spiro atoms. The summed E-state index contributed by atoms with van der Waals surface area (Å²) >= 11 is 0. The number of hydrogen-bond donors (Lipinski definition) is 2. The van der Waals surface area contributed by atoms with Crippen LogP contribution in [0.5, 0.6) is 0 Å². The summed E-state index contributed by atoms with van der Waals surface area (Å²) in [6, 6.07) is 6.89. The lowest BCUT2D eigenvalue weighted by atomic mass is 10.0. The summed E-state index contributed by atoms with van der Waals surface area (Å²) in [7, 11) is 0. The van der Waals surface area contributed by atoms with Gasteiger partial charge in [0.15, 0.2) is 5.82 Å². The third kappa shape index (κ3) is 8.62. The highest BCUT2D eigenvalue weighted by Crippen LogP contribution is 2.31. The molecule has 0 aliphatic carbocycles. The zero-order chi connectivity index (χ0) is 29.8. The van der Waals surface area contributed by atoms with E-state index in [0.717, 1.165) is 15.9 Å². The van der Waals surface area contributed by atoms with E-state index in [2.05, 4.69) is 15.3 Å². The summed E-state index contributed by atoms with van der Waals surface area (Å²) in [6.07, 6.45) is 0.986. The van der Waals surface area contributed by atoms with Gasteiger partial charge in [0.05, 0.1) is 0 Å². The Labute approximate surface area is 236 Å². The van der Waals surface area contributed by atoms with Gasteiger partial charge in [-0.2, -0.15) is 4.68 Å². The molecule has 0 unspecified atom stereocenters. The molecular formula is C29H43N5O6. The van der Waals surface area contributed by atoms with E-state index in [4.69, 9.17) is 9.47 Å². The minimum atomic E-state index is -0.993. The number of piperazine rings is 1. The molecule has 1 fully saturated rings. The molecule has 2 N–H and O–H groups in total. The van der Waals surface area contributed by atoms with Gasteiger partial charge in [-0.05, 0) is 71.6 Å². The number of carbonyl (C=O) groups is 3. The minimum absolute atomic E-state index is 0.139. The van der Waals surface area contributed by atoms with E-state index in [9.17, 15) is 19.5 Å². The normalized spacial score (nSPS) is 15.1. The number of carboxylic acids is 1. The van der Waals surface area contributed by atoms with Crippen molar-refractivity contribution in [3.05, 3.63) is 30.5 Å². The average molecular weight is 558 g/mol. The molecule has 2 heterocycles. The van der Waals surface area contributed by atoms with Crippen LogP contribution in [0.1, 0.15) is 61.8 Å². The van der Waals surface area contributed by atoms with Crippen molar-refractivity contribution in [1.82, 2.24) is 14.7 Å². The fourth-order valence-electron chi connectivity index (χ4n) is 4.28. The van der Waals surface area contributed by atoms with Gasteiger partial charge in [-0.25, -0.2) is 14.4 Å². The number of carbonyl (C=O) groups excluding carboxylic acids is 2. The van der Waals surface area contributed by atoms with Crippen molar-refractivity contribution in [2.45, 2.75) is 79.1 Å². The minimum Gasteiger partial charge on any atom is -0.480 e. The standard InChI is InChI=1S/C29H43N5O6/c1-19(2)17-23(25(35)36)30-24-22(18-34(31-24)27(38)40-29(6,7)8)20-9-11-21(12-10-20)32-13-15-33(16-14-32)26(37)39-28(3,4)5/h9-12,18-19,23H,13-17H2,1-8H3,(H,30,31)(H,35,36)/t23-/m0/s1. The van der Waals surface area contributed by atoms with Crippen LogP contribution in [-0.4, -0.2) is 81.4 Å². The lowest BCUT2D eigenvalue weighted by Crippen LogP contribution is -2.50. The molecule has 40 heavy (non-hydrogen) atoms. The molecule has 0 bridgehead atoms. The van der Waals surface area contributed by atoms with Gasteiger partial charge in [0.25, 0.3) is 0 Å². The first-order valence-corrected chi connectivity index (χ1v) is 13.7. The maximum absolute atomic E-state index is 12.8. The summed E-state index contributed by atoms with van der Waals surface area (Å²) in [5, 5.41) is 17.2. The van der Waals surface area contributed by atoms with Crippen LogP contribution < -0.4 is 10.2 Å². The van der Waals surface area contributed by atoms with E-state index in [1.807, 2.05) is 58.9 Å². The Morgan fingerprint density at radius 1 is 0.925 bits per heavy atom. The zero-order valence-electron chi connectivity index (χ0n) is 24.9. The second-order valence-electron chi connectivity index (χ2n) is 12.5. The fourth-order valence-corrected chi connectivity index (χ4v) is 4.28. The van der Waals surface area contributed by atoms with Crippen molar-refractivity contribution in [2.24, 2.45) is 5.92 Å². The molecule has 1 aliphatic rings. The second-order valence-corrected chi connectivity index (χ2v) is 12.5. The van der Waals surface area contributed by atoms with Crippen LogP contribution >= 0.6 is 0 Å². The highest BCUT2D eigenvalue weighted by Gasteiger charge is 2.27. The predicted molar refractivity (Wildman–Crippen MR) is 154 cm³/mol. The quantitative estimate of drug-likeness (QED) is 0.466. The molecule has 1 aromatic heterocycles. The van der Waals surface area contributed by atoms with Gasteiger partial charge in [0.2, 0.25) is 0 Å². The first kappa shape index (κ1) is 30.8. The number of nitrogens with one attached hydrogen (secondary N) is 1. The lowest BCUT2D eigenvalue weighted by molar-refractivity contribution is -0.138. The first-order chi connectivity index (χ1) is 18.5. The molecule has 220 valence electrons. The fraction of sp³-hybridized carbons (Fsp3) is 0.586. The molecular weight excluding hydrogens is 514 g/mol. The topological polar surface area (TPSA) is 126 Å². The van der Waals surface area contributed by atoms with Gasteiger partial charge in [-0.3, -0.25) is 0 Å². The van der Waals surface area contributed by atoms with E-state index in [-0.39, 0.29) is 17.8 Å². The number of ether oxygens (including phenoxy) is 2. The Hall–Kier alpha value is -3.76. The monoisotopic (exact) mass is 557 g/mol. The van der Waals surface area contributed by atoms with Gasteiger partial charge in [-0.1, -0.05) is 26.0 Å². The van der Waals surface area contributed by atoms with Crippen molar-refractivity contribution in [3.8, 4) is 11.1 Å². The Kier molecular flexibility index (Phi) is 9.37. The van der Waals surface area contributed by atoms with Gasteiger partial charge >= 0.3 is 18.2 Å². The summed E-state index contributed by atoms with van der Waals surface area (Å²) in [5.74, 6) is -0.565. The van der Waals surface area contributed by atoms with Crippen LogP contribution in [0.25, 0.3) is 11.1 Å². The van der Waals surface area contributed by atoms with E-state index in [1.165, 1.54) is 0 Å². The molecule has 3 rings (SSSR count). The van der Waals surface area contributed by atoms with Crippen LogP contribution in [-0.2, 0) is 14.3 Å². The average Bonchev–Trinajstić information content (AvgIpc) is 3.25. The van der Waals surface area contributed by atoms with Gasteiger partial charge in [-0.15, -0.1) is 5.10 Å². The lowest BCUT2D eigenvalue weighted by Gasteiger charge is -2.36. The Morgan fingerprint density at radius 3 is 1.98 bits per heavy atom. The number of nitrogens with zero attached hydrogens (tertiary/aromatic N) is 4. The number of anilines is 2. The molecule has 1 saturated heterocycles. The number of rotatable bonds is 7. The Morgan fingerprint density at radius 2 is 1.48 bits per heavy atom. The van der Waals surface area contributed by atoms with Crippen molar-refractivity contribution in [2.75, 3.05) is 36.4 Å². The van der Waals surface area contributed by atoms with Crippen molar-refractivity contribution in [3.63, 3.8) is 0 Å². The van der Waals surface area contributed by atoms with E-state index in [0.29, 0.717) is 38.2 Å². The molecule has 2 aromatic rings. The van der Waals surface area contributed by atoms with Gasteiger partial charge < -0.3 is 29.7 Å². The van der Waals surface area contributed by atoms with Crippen LogP contribution in [0.2, 0.25) is 0 Å². The van der Waals surface area contributed by atoms with Gasteiger partial charge in [0.1, 0.15) is 17.2 Å². The van der Waals surface area contributed by atoms with E-state index >= 15 is 0 Å². The summed E-state index contributed by atoms with van der Waals surface area (Å²) in [5.41, 5.74) is 1.09. The molecule has 1 aromatic carbocycles. The summed E-state index contributed by atoms with van der Waals surface area (Å²) < 4.78 is 12.1. The Balaban J connectivity index is 1.81. The number of hydrogen-bond acceptors (Lipinski definition) is 8.